The van der Waals surface area contributed by atoms with Crippen molar-refractivity contribution in [1.29, 1.82) is 0 Å². The Morgan fingerprint density at radius 3 is 1.37 bits per heavy atom. The van der Waals surface area contributed by atoms with Crippen molar-refractivity contribution in [3.8, 4) is 11.5 Å². The lowest BCUT2D eigenvalue weighted by molar-refractivity contribution is 0.0599. The second-order valence-electron chi connectivity index (χ2n) is 7.39. The largest absolute Gasteiger partial charge is 0.489 e. The molecule has 4 aromatic carbocycles. The highest BCUT2D eigenvalue weighted by Gasteiger charge is 2.05. The molecule has 0 saturated heterocycles. The second-order valence-corrected chi connectivity index (χ2v) is 7.39. The summed E-state index contributed by atoms with van der Waals surface area (Å²) in [7, 11) is 1.36. The second kappa shape index (κ2) is 13.2. The lowest BCUT2D eigenvalue weighted by Crippen LogP contribution is -2.01. The van der Waals surface area contributed by atoms with Gasteiger partial charge in [0, 0.05) is 0 Å². The molecule has 0 fully saturated rings. The Labute approximate surface area is 204 Å². The van der Waals surface area contributed by atoms with E-state index in [9.17, 15) is 9.59 Å². The van der Waals surface area contributed by atoms with E-state index >= 15 is 0 Å². The van der Waals surface area contributed by atoms with Gasteiger partial charge in [-0.15, -0.1) is 0 Å². The summed E-state index contributed by atoms with van der Waals surface area (Å²) < 4.78 is 15.8. The van der Waals surface area contributed by atoms with Crippen LogP contribution in [-0.4, -0.2) is 24.2 Å². The normalized spacial score (nSPS) is 9.86. The first-order chi connectivity index (χ1) is 17.0. The summed E-state index contributed by atoms with van der Waals surface area (Å²) >= 11 is 0. The van der Waals surface area contributed by atoms with E-state index < -0.39 is 5.97 Å². The zero-order chi connectivity index (χ0) is 24.9. The van der Waals surface area contributed by atoms with Crippen molar-refractivity contribution < 1.29 is 28.9 Å². The molecule has 0 spiro atoms. The highest BCUT2D eigenvalue weighted by molar-refractivity contribution is 5.89. The highest BCUT2D eigenvalue weighted by Crippen LogP contribution is 2.15. The average molecular weight is 471 g/mol. The maximum atomic E-state index is 11.2. The Morgan fingerprint density at radius 2 is 1.00 bits per heavy atom. The molecule has 178 valence electrons. The maximum absolute atomic E-state index is 11.2. The number of carbonyl (C=O) groups excluding carboxylic acids is 1. The summed E-state index contributed by atoms with van der Waals surface area (Å²) in [5, 5.41) is 8.74. The van der Waals surface area contributed by atoms with E-state index in [0.717, 1.165) is 16.9 Å². The van der Waals surface area contributed by atoms with Gasteiger partial charge in [0.1, 0.15) is 24.7 Å². The van der Waals surface area contributed by atoms with Crippen LogP contribution in [0.5, 0.6) is 11.5 Å². The Kier molecular flexibility index (Phi) is 9.45. The molecule has 4 aromatic rings. The minimum atomic E-state index is -0.931. The molecular weight excluding hydrogens is 444 g/mol. The van der Waals surface area contributed by atoms with Crippen LogP contribution in [0.3, 0.4) is 0 Å². The zero-order valence-electron chi connectivity index (χ0n) is 19.3. The van der Waals surface area contributed by atoms with E-state index in [-0.39, 0.29) is 11.5 Å². The molecule has 0 aliphatic rings. The highest BCUT2D eigenvalue weighted by atomic mass is 16.5. The minimum Gasteiger partial charge on any atom is -0.489 e. The third-order valence-corrected chi connectivity index (χ3v) is 4.87. The first-order valence-corrected chi connectivity index (χ1v) is 10.9. The lowest BCUT2D eigenvalue weighted by Gasteiger charge is -2.06. The SMILES string of the molecule is COC(=O)c1ccc(OCc2ccccc2)cc1.O=C(O)c1ccc(OCc2ccccc2)cc1. The fourth-order valence-corrected chi connectivity index (χ4v) is 2.98. The quantitative estimate of drug-likeness (QED) is 0.317. The van der Waals surface area contributed by atoms with Gasteiger partial charge in [-0.25, -0.2) is 9.59 Å². The number of carboxylic acids is 1. The van der Waals surface area contributed by atoms with Crippen molar-refractivity contribution in [3.05, 3.63) is 131 Å². The van der Waals surface area contributed by atoms with Crippen LogP contribution < -0.4 is 9.47 Å². The Balaban J connectivity index is 0.000000196. The summed E-state index contributed by atoms with van der Waals surface area (Å²) in [6.45, 7) is 0.992. The Morgan fingerprint density at radius 1 is 0.600 bits per heavy atom. The minimum absolute atomic E-state index is 0.261. The fraction of sp³-hybridized carbons (Fsp3) is 0.103. The number of esters is 1. The molecule has 0 aliphatic carbocycles. The first-order valence-electron chi connectivity index (χ1n) is 10.9. The van der Waals surface area contributed by atoms with Crippen molar-refractivity contribution in [1.82, 2.24) is 0 Å². The molecule has 0 bridgehead atoms. The van der Waals surface area contributed by atoms with Gasteiger partial charge in [0.05, 0.1) is 18.2 Å². The van der Waals surface area contributed by atoms with E-state index in [1.165, 1.54) is 19.2 Å². The van der Waals surface area contributed by atoms with Crippen LogP contribution in [-0.2, 0) is 18.0 Å². The molecule has 0 unspecified atom stereocenters. The zero-order valence-corrected chi connectivity index (χ0v) is 19.3. The van der Waals surface area contributed by atoms with Crippen LogP contribution in [0.2, 0.25) is 0 Å². The summed E-state index contributed by atoms with van der Waals surface area (Å²) in [5.74, 6) is 0.120. The van der Waals surface area contributed by atoms with E-state index in [1.807, 2.05) is 60.7 Å². The average Bonchev–Trinajstić information content (AvgIpc) is 2.92. The number of carbonyl (C=O) groups is 2. The van der Waals surface area contributed by atoms with E-state index in [1.54, 1.807) is 36.4 Å². The van der Waals surface area contributed by atoms with Crippen molar-refractivity contribution in [2.45, 2.75) is 13.2 Å². The smallest absolute Gasteiger partial charge is 0.337 e. The van der Waals surface area contributed by atoms with Crippen molar-refractivity contribution in [2.24, 2.45) is 0 Å². The Bertz CT molecular complexity index is 1190. The monoisotopic (exact) mass is 470 g/mol. The summed E-state index contributed by atoms with van der Waals surface area (Å²) in [6.07, 6.45) is 0. The van der Waals surface area contributed by atoms with Crippen molar-refractivity contribution in [3.63, 3.8) is 0 Å². The number of hydrogen-bond donors (Lipinski definition) is 1. The molecule has 0 atom stereocenters. The van der Waals surface area contributed by atoms with E-state index in [4.69, 9.17) is 14.6 Å². The van der Waals surface area contributed by atoms with Gasteiger partial charge < -0.3 is 19.3 Å². The molecule has 0 heterocycles. The van der Waals surface area contributed by atoms with Crippen LogP contribution >= 0.6 is 0 Å². The number of ether oxygens (including phenoxy) is 3. The van der Waals surface area contributed by atoms with Crippen molar-refractivity contribution in [2.75, 3.05) is 7.11 Å². The first kappa shape index (κ1) is 25.1. The fourth-order valence-electron chi connectivity index (χ4n) is 2.98. The number of aromatic carboxylic acids is 1. The van der Waals surface area contributed by atoms with Crippen LogP contribution in [0.1, 0.15) is 31.8 Å². The van der Waals surface area contributed by atoms with Gasteiger partial charge in [-0.05, 0) is 59.7 Å². The van der Waals surface area contributed by atoms with Crippen LogP contribution in [0.15, 0.2) is 109 Å². The standard InChI is InChI=1S/C15H14O3.C14H12O3/c1-17-15(16)13-7-9-14(10-8-13)18-11-12-5-3-2-4-6-12;15-14(16)12-6-8-13(9-7-12)17-10-11-4-2-1-3-5-11/h2-10H,11H2,1H3;1-9H,10H2,(H,15,16). The summed E-state index contributed by atoms with van der Waals surface area (Å²) in [4.78, 5) is 21.9. The molecule has 0 radical (unpaired) electrons. The van der Waals surface area contributed by atoms with Crippen LogP contribution in [0.4, 0.5) is 0 Å². The van der Waals surface area contributed by atoms with Gasteiger partial charge in [-0.1, -0.05) is 60.7 Å². The number of hydrogen-bond acceptors (Lipinski definition) is 5. The van der Waals surface area contributed by atoms with Gasteiger partial charge in [0.2, 0.25) is 0 Å². The predicted octanol–water partition coefficient (Wildman–Crippen LogP) is 6.02. The number of benzene rings is 4. The molecule has 0 amide bonds. The molecule has 35 heavy (non-hydrogen) atoms. The van der Waals surface area contributed by atoms with Crippen LogP contribution in [0.25, 0.3) is 0 Å². The topological polar surface area (TPSA) is 82.1 Å². The predicted molar refractivity (Wildman–Crippen MR) is 133 cm³/mol. The molecule has 0 aliphatic heterocycles. The molecule has 1 N–H and O–H groups in total. The summed E-state index contributed by atoms with van der Waals surface area (Å²) in [5.41, 5.74) is 2.96. The number of methoxy groups -OCH3 is 1. The number of rotatable bonds is 8. The molecule has 0 saturated carbocycles. The van der Waals surface area contributed by atoms with E-state index in [0.29, 0.717) is 24.5 Å². The van der Waals surface area contributed by atoms with Crippen molar-refractivity contribution >= 4 is 11.9 Å². The molecule has 6 nitrogen and oxygen atoms in total. The Hall–Kier alpha value is -4.58. The molecule has 6 heteroatoms. The number of carboxylic acid groups (broad SMARTS) is 1. The van der Waals surface area contributed by atoms with Gasteiger partial charge >= 0.3 is 11.9 Å². The third-order valence-electron chi connectivity index (χ3n) is 4.87. The third kappa shape index (κ3) is 8.37. The molecule has 4 rings (SSSR count). The van der Waals surface area contributed by atoms with Gasteiger partial charge in [-0.2, -0.15) is 0 Å². The lowest BCUT2D eigenvalue weighted by atomic mass is 10.2. The summed E-state index contributed by atoms with van der Waals surface area (Å²) in [6, 6.07) is 33.0. The van der Waals surface area contributed by atoms with Gasteiger partial charge in [0.25, 0.3) is 0 Å². The van der Waals surface area contributed by atoms with Gasteiger partial charge in [0.15, 0.2) is 0 Å². The van der Waals surface area contributed by atoms with Gasteiger partial charge in [-0.3, -0.25) is 0 Å². The molecular formula is C29H26O6. The van der Waals surface area contributed by atoms with E-state index in [2.05, 4.69) is 4.74 Å². The maximum Gasteiger partial charge on any atom is 0.337 e. The molecule has 0 aromatic heterocycles. The van der Waals surface area contributed by atoms with Crippen LogP contribution in [0, 0.1) is 0 Å².